The van der Waals surface area contributed by atoms with Gasteiger partial charge in [-0.2, -0.15) is 0 Å². The summed E-state index contributed by atoms with van der Waals surface area (Å²) in [7, 11) is 0. The molecule has 2 unspecified atom stereocenters. The SMILES string of the molecule is CCOC(=O)c1cn2c(C)c(C)nc2c(O)c1C1CC12CCc1ccccc12. The van der Waals surface area contributed by atoms with E-state index in [0.29, 0.717) is 23.4 Å². The summed E-state index contributed by atoms with van der Waals surface area (Å²) in [5.41, 5.74) is 6.21. The molecule has 1 aromatic carbocycles. The average molecular weight is 376 g/mol. The van der Waals surface area contributed by atoms with Gasteiger partial charge in [0.25, 0.3) is 0 Å². The molecule has 1 N–H and O–H groups in total. The van der Waals surface area contributed by atoms with E-state index >= 15 is 0 Å². The van der Waals surface area contributed by atoms with E-state index < -0.39 is 0 Å². The molecular weight excluding hydrogens is 352 g/mol. The van der Waals surface area contributed by atoms with Gasteiger partial charge in [-0.15, -0.1) is 0 Å². The Bertz CT molecular complexity index is 1130. The number of pyridine rings is 1. The van der Waals surface area contributed by atoms with Crippen LogP contribution in [0.25, 0.3) is 5.65 Å². The van der Waals surface area contributed by atoms with Gasteiger partial charge in [-0.3, -0.25) is 0 Å². The average Bonchev–Trinajstić information content (AvgIpc) is 3.18. The summed E-state index contributed by atoms with van der Waals surface area (Å²) < 4.78 is 7.14. The van der Waals surface area contributed by atoms with Gasteiger partial charge in [-0.25, -0.2) is 9.78 Å². The van der Waals surface area contributed by atoms with Crippen LogP contribution in [-0.2, 0) is 16.6 Å². The number of hydrogen-bond acceptors (Lipinski definition) is 4. The van der Waals surface area contributed by atoms with Crippen molar-refractivity contribution in [2.24, 2.45) is 0 Å². The van der Waals surface area contributed by atoms with E-state index in [1.54, 1.807) is 17.5 Å². The van der Waals surface area contributed by atoms with Gasteiger partial charge in [-0.1, -0.05) is 24.3 Å². The fourth-order valence-corrected chi connectivity index (χ4v) is 5.10. The zero-order valence-corrected chi connectivity index (χ0v) is 16.5. The van der Waals surface area contributed by atoms with Crippen LogP contribution in [0.5, 0.6) is 5.75 Å². The van der Waals surface area contributed by atoms with Crippen LogP contribution in [0.1, 0.15) is 64.1 Å². The van der Waals surface area contributed by atoms with Crippen LogP contribution in [0, 0.1) is 13.8 Å². The molecule has 1 fully saturated rings. The molecule has 0 bridgehead atoms. The van der Waals surface area contributed by atoms with Gasteiger partial charge in [0, 0.05) is 22.9 Å². The van der Waals surface area contributed by atoms with Gasteiger partial charge in [0.1, 0.15) is 0 Å². The molecule has 3 aromatic rings. The number of ether oxygens (including phenoxy) is 1. The lowest BCUT2D eigenvalue weighted by atomic mass is 9.91. The zero-order valence-electron chi connectivity index (χ0n) is 16.5. The molecule has 0 amide bonds. The molecule has 1 saturated carbocycles. The lowest BCUT2D eigenvalue weighted by molar-refractivity contribution is 0.0523. The number of hydrogen-bond donors (Lipinski definition) is 1. The number of benzene rings is 1. The molecule has 0 radical (unpaired) electrons. The second-order valence-electron chi connectivity index (χ2n) is 8.07. The predicted octanol–water partition coefficient (Wildman–Crippen LogP) is 4.20. The minimum atomic E-state index is -0.381. The molecule has 5 nitrogen and oxygen atoms in total. The standard InChI is InChI=1S/C23H24N2O3/c1-4-28-22(27)16-12-25-14(3)13(2)24-21(25)20(26)19(16)18-11-23(18)10-9-15-7-5-6-8-17(15)23/h5-8,12,18,26H,4,9-11H2,1-3H3. The highest BCUT2D eigenvalue weighted by Crippen LogP contribution is 2.68. The van der Waals surface area contributed by atoms with Crippen LogP contribution in [0.2, 0.25) is 0 Å². The molecule has 2 heterocycles. The maximum absolute atomic E-state index is 12.8. The number of aryl methyl sites for hydroxylation is 3. The quantitative estimate of drug-likeness (QED) is 0.696. The molecule has 1 spiro atoms. The molecule has 5 heteroatoms. The van der Waals surface area contributed by atoms with Crippen molar-refractivity contribution in [1.29, 1.82) is 0 Å². The molecular formula is C23H24N2O3. The number of carbonyl (C=O) groups is 1. The van der Waals surface area contributed by atoms with Crippen LogP contribution in [0.3, 0.4) is 0 Å². The topological polar surface area (TPSA) is 63.8 Å². The van der Waals surface area contributed by atoms with Crippen molar-refractivity contribution in [2.75, 3.05) is 6.61 Å². The third kappa shape index (κ3) is 2.19. The van der Waals surface area contributed by atoms with Crippen molar-refractivity contribution in [1.82, 2.24) is 9.38 Å². The van der Waals surface area contributed by atoms with E-state index in [2.05, 4.69) is 29.2 Å². The van der Waals surface area contributed by atoms with Gasteiger partial charge in [-0.05, 0) is 57.1 Å². The van der Waals surface area contributed by atoms with Crippen LogP contribution < -0.4 is 0 Å². The normalized spacial score (nSPS) is 22.6. The Hall–Kier alpha value is -2.82. The Labute approximate surface area is 164 Å². The first-order valence-corrected chi connectivity index (χ1v) is 9.94. The highest BCUT2D eigenvalue weighted by atomic mass is 16.5. The Morgan fingerprint density at radius 3 is 2.93 bits per heavy atom. The number of rotatable bonds is 3. The van der Waals surface area contributed by atoms with Crippen LogP contribution >= 0.6 is 0 Å². The highest BCUT2D eigenvalue weighted by molar-refractivity contribution is 5.93. The number of aromatic hydroxyl groups is 1. The number of nitrogens with zero attached hydrogens (tertiary/aromatic N) is 2. The van der Waals surface area contributed by atoms with Crippen LogP contribution in [-0.4, -0.2) is 27.1 Å². The Morgan fingerprint density at radius 2 is 2.14 bits per heavy atom. The smallest absolute Gasteiger partial charge is 0.340 e. The molecule has 0 aliphatic heterocycles. The molecule has 2 aliphatic rings. The molecule has 28 heavy (non-hydrogen) atoms. The van der Waals surface area contributed by atoms with E-state index in [1.165, 1.54) is 11.1 Å². The van der Waals surface area contributed by atoms with Gasteiger partial charge in [0.15, 0.2) is 11.4 Å². The lowest BCUT2D eigenvalue weighted by Gasteiger charge is -2.16. The van der Waals surface area contributed by atoms with Crippen molar-refractivity contribution >= 4 is 11.6 Å². The van der Waals surface area contributed by atoms with Crippen LogP contribution in [0.15, 0.2) is 30.5 Å². The van der Waals surface area contributed by atoms with Gasteiger partial charge < -0.3 is 14.2 Å². The van der Waals surface area contributed by atoms with Gasteiger partial charge in [0.2, 0.25) is 0 Å². The van der Waals surface area contributed by atoms with Crippen molar-refractivity contribution < 1.29 is 14.6 Å². The second-order valence-corrected chi connectivity index (χ2v) is 8.07. The first kappa shape index (κ1) is 17.3. The van der Waals surface area contributed by atoms with Crippen molar-refractivity contribution in [3.63, 3.8) is 0 Å². The first-order valence-electron chi connectivity index (χ1n) is 9.94. The molecule has 2 atom stereocenters. The molecule has 2 aliphatic carbocycles. The Morgan fingerprint density at radius 1 is 1.36 bits per heavy atom. The second kappa shape index (κ2) is 5.84. The maximum Gasteiger partial charge on any atom is 0.340 e. The third-order valence-electron chi connectivity index (χ3n) is 6.72. The molecule has 2 aromatic heterocycles. The predicted molar refractivity (Wildman–Crippen MR) is 106 cm³/mol. The zero-order chi connectivity index (χ0) is 19.6. The summed E-state index contributed by atoms with van der Waals surface area (Å²) in [5.74, 6) is -0.153. The summed E-state index contributed by atoms with van der Waals surface area (Å²) in [4.78, 5) is 17.3. The number of fused-ring (bicyclic) bond motifs is 3. The van der Waals surface area contributed by atoms with Crippen molar-refractivity contribution in [3.05, 3.63) is 64.1 Å². The van der Waals surface area contributed by atoms with E-state index in [1.807, 2.05) is 13.8 Å². The van der Waals surface area contributed by atoms with Gasteiger partial charge in [0.05, 0.1) is 17.9 Å². The maximum atomic E-state index is 12.8. The number of aromatic nitrogens is 2. The Balaban J connectivity index is 1.70. The number of carbonyl (C=O) groups excluding carboxylic acids is 1. The van der Waals surface area contributed by atoms with E-state index in [4.69, 9.17) is 4.74 Å². The highest BCUT2D eigenvalue weighted by Gasteiger charge is 2.60. The summed E-state index contributed by atoms with van der Waals surface area (Å²) in [6.45, 7) is 5.96. The minimum Gasteiger partial charge on any atom is -0.504 e. The van der Waals surface area contributed by atoms with Crippen molar-refractivity contribution in [2.45, 2.75) is 51.4 Å². The summed E-state index contributed by atoms with van der Waals surface area (Å²) >= 11 is 0. The van der Waals surface area contributed by atoms with E-state index in [-0.39, 0.29) is 23.1 Å². The molecule has 144 valence electrons. The Kier molecular flexibility index (Phi) is 3.60. The minimum absolute atomic E-state index is 0.0182. The molecule has 0 saturated heterocycles. The third-order valence-corrected chi connectivity index (χ3v) is 6.72. The lowest BCUT2D eigenvalue weighted by Crippen LogP contribution is -2.13. The number of esters is 1. The fourth-order valence-electron chi connectivity index (χ4n) is 5.10. The summed E-state index contributed by atoms with van der Waals surface area (Å²) in [5, 5.41) is 11.2. The summed E-state index contributed by atoms with van der Waals surface area (Å²) in [6.07, 6.45) is 4.84. The first-order chi connectivity index (χ1) is 13.5. The summed E-state index contributed by atoms with van der Waals surface area (Å²) in [6, 6.07) is 8.55. The molecule has 5 rings (SSSR count). The largest absolute Gasteiger partial charge is 0.504 e. The van der Waals surface area contributed by atoms with E-state index in [0.717, 1.165) is 30.7 Å². The van der Waals surface area contributed by atoms with Crippen molar-refractivity contribution in [3.8, 4) is 5.75 Å². The van der Waals surface area contributed by atoms with E-state index in [9.17, 15) is 9.90 Å². The monoisotopic (exact) mass is 376 g/mol. The van der Waals surface area contributed by atoms with Crippen LogP contribution in [0.4, 0.5) is 0 Å². The number of imidazole rings is 1. The fraction of sp³-hybridized carbons (Fsp3) is 0.391. The van der Waals surface area contributed by atoms with Gasteiger partial charge >= 0.3 is 5.97 Å².